The first-order valence-electron chi connectivity index (χ1n) is 9.63. The van der Waals surface area contributed by atoms with Gasteiger partial charge in [-0.3, -0.25) is 9.10 Å². The van der Waals surface area contributed by atoms with Crippen LogP contribution in [-0.2, 0) is 21.2 Å². The second kappa shape index (κ2) is 7.95. The normalized spacial score (nSPS) is 17.5. The van der Waals surface area contributed by atoms with Gasteiger partial charge in [0.05, 0.1) is 18.0 Å². The molecule has 2 aromatic rings. The Morgan fingerprint density at radius 3 is 2.54 bits per heavy atom. The molecule has 0 saturated carbocycles. The maximum atomic E-state index is 13.0. The molecule has 0 spiro atoms. The second-order valence-corrected chi connectivity index (χ2v) is 9.52. The van der Waals surface area contributed by atoms with Crippen LogP contribution < -0.4 is 9.62 Å². The summed E-state index contributed by atoms with van der Waals surface area (Å²) in [5.41, 5.74) is 4.96. The van der Waals surface area contributed by atoms with E-state index in [2.05, 4.69) is 11.4 Å². The van der Waals surface area contributed by atoms with E-state index >= 15 is 0 Å². The van der Waals surface area contributed by atoms with Crippen molar-refractivity contribution < 1.29 is 13.2 Å². The Labute approximate surface area is 167 Å². The molecule has 0 aliphatic heterocycles. The summed E-state index contributed by atoms with van der Waals surface area (Å²) in [6.45, 7) is 5.55. The number of hydrogen-bond acceptors (Lipinski definition) is 3. The average molecular weight is 401 g/mol. The highest BCUT2D eigenvalue weighted by Gasteiger charge is 2.31. The molecule has 2 aromatic carbocycles. The van der Waals surface area contributed by atoms with E-state index in [1.54, 1.807) is 13.0 Å². The van der Waals surface area contributed by atoms with Gasteiger partial charge in [-0.1, -0.05) is 30.3 Å². The molecule has 1 aliphatic rings. The minimum absolute atomic E-state index is 0.0823. The quantitative estimate of drug-likeness (QED) is 0.833. The topological polar surface area (TPSA) is 66.5 Å². The van der Waals surface area contributed by atoms with E-state index in [1.165, 1.54) is 9.87 Å². The summed E-state index contributed by atoms with van der Waals surface area (Å²) in [5, 5.41) is 3.08. The van der Waals surface area contributed by atoms with Crippen LogP contribution in [0.15, 0.2) is 42.5 Å². The second-order valence-electron chi connectivity index (χ2n) is 7.66. The number of benzene rings is 2. The molecule has 2 unspecified atom stereocenters. The average Bonchev–Trinajstić information content (AvgIpc) is 2.64. The molecule has 1 amide bonds. The summed E-state index contributed by atoms with van der Waals surface area (Å²) in [7, 11) is -3.62. The van der Waals surface area contributed by atoms with Gasteiger partial charge in [0, 0.05) is 0 Å². The molecule has 150 valence electrons. The summed E-state index contributed by atoms with van der Waals surface area (Å²) in [5.74, 6) is -0.287. The number of rotatable bonds is 5. The Bertz CT molecular complexity index is 985. The van der Waals surface area contributed by atoms with Crippen molar-refractivity contribution in [3.05, 3.63) is 64.7 Å². The summed E-state index contributed by atoms with van der Waals surface area (Å²) >= 11 is 0. The van der Waals surface area contributed by atoms with Crippen LogP contribution >= 0.6 is 0 Å². The maximum Gasteiger partial charge on any atom is 0.244 e. The van der Waals surface area contributed by atoms with Gasteiger partial charge in [0.25, 0.3) is 0 Å². The van der Waals surface area contributed by atoms with Crippen molar-refractivity contribution in [2.75, 3.05) is 10.6 Å². The molecule has 6 heteroatoms. The zero-order valence-electron chi connectivity index (χ0n) is 16.9. The SMILES string of the molecule is Cc1ccc(N(C(C)C(=O)NC2CCCc3ccccc32)S(C)(=O)=O)cc1C. The fourth-order valence-electron chi connectivity index (χ4n) is 3.87. The zero-order valence-corrected chi connectivity index (χ0v) is 17.7. The lowest BCUT2D eigenvalue weighted by Crippen LogP contribution is -2.49. The van der Waals surface area contributed by atoms with Gasteiger partial charge in [-0.2, -0.15) is 0 Å². The van der Waals surface area contributed by atoms with Crippen LogP contribution in [0.1, 0.15) is 48.1 Å². The van der Waals surface area contributed by atoms with Crippen LogP contribution in [0.25, 0.3) is 0 Å². The Morgan fingerprint density at radius 2 is 1.86 bits per heavy atom. The largest absolute Gasteiger partial charge is 0.347 e. The lowest BCUT2D eigenvalue weighted by Gasteiger charge is -2.32. The number of fused-ring (bicyclic) bond motifs is 1. The number of carbonyl (C=O) groups is 1. The van der Waals surface area contributed by atoms with Crippen molar-refractivity contribution in [1.82, 2.24) is 5.32 Å². The van der Waals surface area contributed by atoms with Gasteiger partial charge in [-0.05, 0) is 74.4 Å². The van der Waals surface area contributed by atoms with Gasteiger partial charge in [0.15, 0.2) is 0 Å². The molecule has 28 heavy (non-hydrogen) atoms. The Hall–Kier alpha value is -2.34. The van der Waals surface area contributed by atoms with Gasteiger partial charge in [0.2, 0.25) is 15.9 Å². The fraction of sp³-hybridized carbons (Fsp3) is 0.409. The molecule has 0 bridgehead atoms. The Kier molecular flexibility index (Phi) is 5.79. The minimum Gasteiger partial charge on any atom is -0.347 e. The third-order valence-corrected chi connectivity index (χ3v) is 6.76. The van der Waals surface area contributed by atoms with Crippen LogP contribution in [0.2, 0.25) is 0 Å². The molecule has 0 fully saturated rings. The Morgan fingerprint density at radius 1 is 1.14 bits per heavy atom. The third kappa shape index (κ3) is 4.22. The molecule has 5 nitrogen and oxygen atoms in total. The first-order valence-corrected chi connectivity index (χ1v) is 11.5. The molecule has 0 radical (unpaired) electrons. The number of nitrogens with one attached hydrogen (secondary N) is 1. The molecule has 1 aliphatic carbocycles. The van der Waals surface area contributed by atoms with Gasteiger partial charge < -0.3 is 5.32 Å². The standard InChI is InChI=1S/C22H28N2O3S/c1-15-12-13-19(14-16(15)2)24(28(4,26)27)17(3)22(25)23-21-11-7-9-18-8-5-6-10-20(18)21/h5-6,8,10,12-14,17,21H,7,9,11H2,1-4H3,(H,23,25). The van der Waals surface area contributed by atoms with Crippen LogP contribution in [0.3, 0.4) is 0 Å². The van der Waals surface area contributed by atoms with Gasteiger partial charge >= 0.3 is 0 Å². The fourth-order valence-corrected chi connectivity index (χ4v) is 5.03. The number of amides is 1. The van der Waals surface area contributed by atoms with E-state index < -0.39 is 16.1 Å². The van der Waals surface area contributed by atoms with Gasteiger partial charge in [-0.15, -0.1) is 0 Å². The van der Waals surface area contributed by atoms with Gasteiger partial charge in [-0.25, -0.2) is 8.42 Å². The van der Waals surface area contributed by atoms with E-state index in [1.807, 2.05) is 44.2 Å². The van der Waals surface area contributed by atoms with Crippen molar-refractivity contribution in [3.8, 4) is 0 Å². The van der Waals surface area contributed by atoms with Crippen molar-refractivity contribution >= 4 is 21.6 Å². The molecule has 1 N–H and O–H groups in total. The summed E-state index contributed by atoms with van der Waals surface area (Å²) in [6, 6.07) is 12.6. The maximum absolute atomic E-state index is 13.0. The number of aryl methyl sites for hydroxylation is 3. The van der Waals surface area contributed by atoms with E-state index in [4.69, 9.17) is 0 Å². The number of nitrogens with zero attached hydrogens (tertiary/aromatic N) is 1. The lowest BCUT2D eigenvalue weighted by atomic mass is 9.87. The summed E-state index contributed by atoms with van der Waals surface area (Å²) in [4.78, 5) is 13.0. The van der Waals surface area contributed by atoms with Crippen molar-refractivity contribution in [3.63, 3.8) is 0 Å². The number of anilines is 1. The first-order chi connectivity index (χ1) is 13.2. The van der Waals surface area contributed by atoms with Crippen LogP contribution in [0.4, 0.5) is 5.69 Å². The number of carbonyl (C=O) groups excluding carboxylic acids is 1. The monoisotopic (exact) mass is 400 g/mol. The number of hydrogen-bond donors (Lipinski definition) is 1. The molecule has 3 rings (SSSR count). The van der Waals surface area contributed by atoms with Gasteiger partial charge in [0.1, 0.15) is 6.04 Å². The van der Waals surface area contributed by atoms with Crippen molar-refractivity contribution in [1.29, 1.82) is 0 Å². The predicted molar refractivity (Wildman–Crippen MR) is 113 cm³/mol. The summed E-state index contributed by atoms with van der Waals surface area (Å²) in [6.07, 6.45) is 4.01. The molecule has 2 atom stereocenters. The van der Waals surface area contributed by atoms with Crippen molar-refractivity contribution in [2.24, 2.45) is 0 Å². The highest BCUT2D eigenvalue weighted by Crippen LogP contribution is 2.30. The highest BCUT2D eigenvalue weighted by molar-refractivity contribution is 7.92. The van der Waals surface area contributed by atoms with E-state index in [-0.39, 0.29) is 11.9 Å². The van der Waals surface area contributed by atoms with E-state index in [9.17, 15) is 13.2 Å². The molecular weight excluding hydrogens is 372 g/mol. The Balaban J connectivity index is 1.86. The first kappa shape index (κ1) is 20.4. The van der Waals surface area contributed by atoms with Crippen molar-refractivity contribution in [2.45, 2.75) is 52.1 Å². The highest BCUT2D eigenvalue weighted by atomic mass is 32.2. The van der Waals surface area contributed by atoms with Crippen LogP contribution in [-0.4, -0.2) is 26.6 Å². The van der Waals surface area contributed by atoms with Crippen LogP contribution in [0.5, 0.6) is 0 Å². The molecule has 0 heterocycles. The predicted octanol–water partition coefficient (Wildman–Crippen LogP) is 3.65. The zero-order chi connectivity index (χ0) is 20.5. The summed E-state index contributed by atoms with van der Waals surface area (Å²) < 4.78 is 26.2. The molecular formula is C22H28N2O3S. The smallest absolute Gasteiger partial charge is 0.244 e. The minimum atomic E-state index is -3.62. The van der Waals surface area contributed by atoms with E-state index in [0.717, 1.165) is 42.2 Å². The molecule has 0 saturated heterocycles. The van der Waals surface area contributed by atoms with E-state index in [0.29, 0.717) is 5.69 Å². The third-order valence-electron chi connectivity index (χ3n) is 5.52. The number of sulfonamides is 1. The lowest BCUT2D eigenvalue weighted by molar-refractivity contribution is -0.122. The molecule has 0 aromatic heterocycles. The van der Waals surface area contributed by atoms with Crippen LogP contribution in [0, 0.1) is 13.8 Å².